The van der Waals surface area contributed by atoms with E-state index in [2.05, 4.69) is 4.98 Å². The highest BCUT2D eigenvalue weighted by Crippen LogP contribution is 2.01. The van der Waals surface area contributed by atoms with Crippen molar-refractivity contribution < 1.29 is 9.90 Å². The molecule has 0 aromatic carbocycles. The highest BCUT2D eigenvalue weighted by atomic mass is 127. The average molecular weight is 252 g/mol. The van der Waals surface area contributed by atoms with Gasteiger partial charge in [0, 0.05) is 0 Å². The first-order valence-electron chi connectivity index (χ1n) is 2.57. The fourth-order valence-corrected chi connectivity index (χ4v) is 1.02. The van der Waals surface area contributed by atoms with E-state index in [1.165, 1.54) is 6.33 Å². The minimum absolute atomic E-state index is 0.0156. The number of hydrogen-bond donors (Lipinski definition) is 1. The van der Waals surface area contributed by atoms with Crippen molar-refractivity contribution in [1.82, 2.24) is 9.55 Å². The van der Waals surface area contributed by atoms with Crippen molar-refractivity contribution in [1.29, 1.82) is 0 Å². The number of carboxylic acid groups (broad SMARTS) is 1. The standard InChI is InChI=1S/C5H5IN2O2/c6-4-1-7-3-8(4)2-5(9)10/h1,3H,2H2,(H,9,10). The number of hydrogen-bond acceptors (Lipinski definition) is 2. The summed E-state index contributed by atoms with van der Waals surface area (Å²) in [5.74, 6) is -0.851. The van der Waals surface area contributed by atoms with E-state index in [0.717, 1.165) is 3.70 Å². The molecule has 0 saturated heterocycles. The summed E-state index contributed by atoms with van der Waals surface area (Å²) < 4.78 is 2.39. The molecule has 0 spiro atoms. The second kappa shape index (κ2) is 3.00. The molecule has 54 valence electrons. The first-order chi connectivity index (χ1) is 4.70. The third-order valence-electron chi connectivity index (χ3n) is 0.967. The Labute approximate surface area is 71.0 Å². The summed E-state index contributed by atoms with van der Waals surface area (Å²) >= 11 is 2.03. The van der Waals surface area contributed by atoms with Gasteiger partial charge in [0.05, 0.1) is 12.5 Å². The Hall–Kier alpha value is -0.590. The van der Waals surface area contributed by atoms with Crippen molar-refractivity contribution >= 4 is 28.6 Å². The van der Waals surface area contributed by atoms with Gasteiger partial charge in [-0.2, -0.15) is 0 Å². The Kier molecular flexibility index (Phi) is 2.25. The van der Waals surface area contributed by atoms with E-state index in [0.29, 0.717) is 0 Å². The van der Waals surface area contributed by atoms with Crippen LogP contribution in [-0.4, -0.2) is 20.6 Å². The Morgan fingerprint density at radius 3 is 3.00 bits per heavy atom. The van der Waals surface area contributed by atoms with Gasteiger partial charge in [0.1, 0.15) is 10.2 Å². The van der Waals surface area contributed by atoms with E-state index in [1.54, 1.807) is 10.8 Å². The number of imidazole rings is 1. The molecule has 1 aromatic heterocycles. The molecular weight excluding hydrogens is 247 g/mol. The summed E-state index contributed by atoms with van der Waals surface area (Å²) in [6.45, 7) is -0.0156. The molecule has 0 saturated carbocycles. The summed E-state index contributed by atoms with van der Waals surface area (Å²) in [5, 5.41) is 8.36. The van der Waals surface area contributed by atoms with E-state index in [4.69, 9.17) is 5.11 Å². The Morgan fingerprint density at radius 1 is 1.90 bits per heavy atom. The molecule has 1 aromatic rings. The average Bonchev–Trinajstić information content (AvgIpc) is 2.15. The number of carbonyl (C=O) groups is 1. The topological polar surface area (TPSA) is 55.1 Å². The van der Waals surface area contributed by atoms with Crippen LogP contribution in [0.3, 0.4) is 0 Å². The van der Waals surface area contributed by atoms with Gasteiger partial charge in [0.2, 0.25) is 0 Å². The number of aliphatic carboxylic acids is 1. The quantitative estimate of drug-likeness (QED) is 0.783. The third-order valence-corrected chi connectivity index (χ3v) is 1.87. The number of carboxylic acids is 1. The lowest BCUT2D eigenvalue weighted by molar-refractivity contribution is -0.137. The second-order valence-corrected chi connectivity index (χ2v) is 2.84. The molecule has 5 heteroatoms. The molecular formula is C5H5IN2O2. The molecule has 10 heavy (non-hydrogen) atoms. The fraction of sp³-hybridized carbons (Fsp3) is 0.200. The van der Waals surface area contributed by atoms with Gasteiger partial charge in [-0.05, 0) is 22.6 Å². The van der Waals surface area contributed by atoms with Gasteiger partial charge < -0.3 is 9.67 Å². The fourth-order valence-electron chi connectivity index (χ4n) is 0.567. The lowest BCUT2D eigenvalue weighted by Crippen LogP contribution is -2.08. The predicted octanol–water partition coefficient (Wildman–Crippen LogP) is 0.572. The van der Waals surface area contributed by atoms with Crippen LogP contribution in [0.2, 0.25) is 0 Å². The SMILES string of the molecule is O=C(O)Cn1cncc1I. The van der Waals surface area contributed by atoms with Crippen molar-refractivity contribution in [3.63, 3.8) is 0 Å². The van der Waals surface area contributed by atoms with Crippen LogP contribution in [0, 0.1) is 3.70 Å². The summed E-state index contributed by atoms with van der Waals surface area (Å²) in [6, 6.07) is 0. The third kappa shape index (κ3) is 1.69. The Balaban J connectivity index is 2.74. The molecule has 0 atom stereocenters. The first kappa shape index (κ1) is 7.52. The zero-order chi connectivity index (χ0) is 7.56. The molecule has 0 aliphatic heterocycles. The smallest absolute Gasteiger partial charge is 0.323 e. The number of halogens is 1. The maximum atomic E-state index is 10.2. The largest absolute Gasteiger partial charge is 0.480 e. The molecule has 0 aliphatic carbocycles. The number of aromatic nitrogens is 2. The Morgan fingerprint density at radius 2 is 2.60 bits per heavy atom. The van der Waals surface area contributed by atoms with E-state index >= 15 is 0 Å². The van der Waals surface area contributed by atoms with Gasteiger partial charge in [-0.3, -0.25) is 4.79 Å². The van der Waals surface area contributed by atoms with E-state index < -0.39 is 5.97 Å². The van der Waals surface area contributed by atoms with E-state index in [-0.39, 0.29) is 6.54 Å². The van der Waals surface area contributed by atoms with E-state index in [1.807, 2.05) is 22.6 Å². The maximum absolute atomic E-state index is 10.2. The van der Waals surface area contributed by atoms with Gasteiger partial charge in [0.15, 0.2) is 0 Å². The van der Waals surface area contributed by atoms with Crippen LogP contribution in [0.25, 0.3) is 0 Å². The molecule has 1 rings (SSSR count). The zero-order valence-electron chi connectivity index (χ0n) is 4.99. The van der Waals surface area contributed by atoms with Crippen LogP contribution in [0.15, 0.2) is 12.5 Å². The number of rotatable bonds is 2. The predicted molar refractivity (Wildman–Crippen MR) is 42.6 cm³/mol. The van der Waals surface area contributed by atoms with Crippen molar-refractivity contribution in [3.8, 4) is 0 Å². The normalized spacial score (nSPS) is 9.70. The van der Waals surface area contributed by atoms with Crippen molar-refractivity contribution in [3.05, 3.63) is 16.2 Å². The first-order valence-corrected chi connectivity index (χ1v) is 3.65. The molecule has 0 aliphatic rings. The van der Waals surface area contributed by atoms with Gasteiger partial charge in [-0.15, -0.1) is 0 Å². The van der Waals surface area contributed by atoms with Crippen molar-refractivity contribution in [2.24, 2.45) is 0 Å². The van der Waals surface area contributed by atoms with Crippen LogP contribution in [0.4, 0.5) is 0 Å². The lowest BCUT2D eigenvalue weighted by atomic mass is 10.6. The highest BCUT2D eigenvalue weighted by Gasteiger charge is 2.01. The zero-order valence-corrected chi connectivity index (χ0v) is 7.15. The van der Waals surface area contributed by atoms with E-state index in [9.17, 15) is 4.79 Å². The molecule has 1 heterocycles. The van der Waals surface area contributed by atoms with Crippen LogP contribution in [0.1, 0.15) is 0 Å². The van der Waals surface area contributed by atoms with Crippen LogP contribution >= 0.6 is 22.6 Å². The molecule has 0 fully saturated rings. The molecule has 0 radical (unpaired) electrons. The molecule has 4 nitrogen and oxygen atoms in total. The van der Waals surface area contributed by atoms with Crippen LogP contribution in [0.5, 0.6) is 0 Å². The van der Waals surface area contributed by atoms with Gasteiger partial charge in [-0.25, -0.2) is 4.98 Å². The summed E-state index contributed by atoms with van der Waals surface area (Å²) in [4.78, 5) is 13.9. The summed E-state index contributed by atoms with van der Waals surface area (Å²) in [7, 11) is 0. The molecule has 0 amide bonds. The minimum atomic E-state index is -0.851. The molecule has 0 bridgehead atoms. The molecule has 0 unspecified atom stereocenters. The second-order valence-electron chi connectivity index (χ2n) is 1.74. The van der Waals surface area contributed by atoms with Crippen LogP contribution in [-0.2, 0) is 11.3 Å². The highest BCUT2D eigenvalue weighted by molar-refractivity contribution is 14.1. The van der Waals surface area contributed by atoms with Gasteiger partial charge in [0.25, 0.3) is 0 Å². The Bertz CT molecular complexity index is 246. The minimum Gasteiger partial charge on any atom is -0.480 e. The summed E-state index contributed by atoms with van der Waals surface area (Å²) in [6.07, 6.45) is 3.11. The maximum Gasteiger partial charge on any atom is 0.323 e. The number of nitrogens with zero attached hydrogens (tertiary/aromatic N) is 2. The van der Waals surface area contributed by atoms with Gasteiger partial charge in [-0.1, -0.05) is 0 Å². The van der Waals surface area contributed by atoms with Crippen LogP contribution < -0.4 is 0 Å². The van der Waals surface area contributed by atoms with Crippen molar-refractivity contribution in [2.75, 3.05) is 0 Å². The molecule has 1 N–H and O–H groups in total. The van der Waals surface area contributed by atoms with Crippen molar-refractivity contribution in [2.45, 2.75) is 6.54 Å². The van der Waals surface area contributed by atoms with Gasteiger partial charge >= 0.3 is 5.97 Å². The monoisotopic (exact) mass is 252 g/mol. The summed E-state index contributed by atoms with van der Waals surface area (Å²) in [5.41, 5.74) is 0. The lowest BCUT2D eigenvalue weighted by Gasteiger charge is -1.96.